The van der Waals surface area contributed by atoms with Crippen LogP contribution in [0.1, 0.15) is 12.5 Å². The third-order valence-electron chi connectivity index (χ3n) is 2.87. The topological polar surface area (TPSA) is 62.1 Å². The molecule has 0 heterocycles. The lowest BCUT2D eigenvalue weighted by atomic mass is 10.2. The van der Waals surface area contributed by atoms with E-state index in [0.29, 0.717) is 17.3 Å². The lowest BCUT2D eigenvalue weighted by Gasteiger charge is -2.15. The van der Waals surface area contributed by atoms with Crippen LogP contribution in [0.4, 0.5) is 14.5 Å². The van der Waals surface area contributed by atoms with Crippen LogP contribution >= 0.6 is 0 Å². The van der Waals surface area contributed by atoms with Gasteiger partial charge in [0, 0.05) is 6.07 Å². The van der Waals surface area contributed by atoms with Gasteiger partial charge in [0.05, 0.1) is 11.3 Å². The van der Waals surface area contributed by atoms with Crippen molar-refractivity contribution in [3.63, 3.8) is 0 Å². The van der Waals surface area contributed by atoms with Crippen LogP contribution in [0, 0.1) is 23.0 Å². The summed E-state index contributed by atoms with van der Waals surface area (Å²) in [4.78, 5) is 12.0. The molecule has 2 rings (SSSR count). The van der Waals surface area contributed by atoms with Gasteiger partial charge in [0.2, 0.25) is 0 Å². The molecule has 0 radical (unpaired) electrons. The highest BCUT2D eigenvalue weighted by molar-refractivity contribution is 5.95. The Balaban J connectivity index is 2.08. The van der Waals surface area contributed by atoms with Gasteiger partial charge in [-0.05, 0) is 31.2 Å². The van der Waals surface area contributed by atoms with Crippen molar-refractivity contribution in [3.8, 4) is 11.8 Å². The fraction of sp³-hybridized carbons (Fsp3) is 0.125. The van der Waals surface area contributed by atoms with Gasteiger partial charge in [-0.3, -0.25) is 4.79 Å². The summed E-state index contributed by atoms with van der Waals surface area (Å²) in [5.74, 6) is -2.40. The van der Waals surface area contributed by atoms with Crippen molar-refractivity contribution in [2.45, 2.75) is 13.0 Å². The molecule has 0 fully saturated rings. The molecule has 112 valence electrons. The molecule has 0 saturated carbocycles. The van der Waals surface area contributed by atoms with E-state index in [1.165, 1.54) is 6.92 Å². The Morgan fingerprint density at radius 3 is 2.68 bits per heavy atom. The maximum absolute atomic E-state index is 13.5. The van der Waals surface area contributed by atoms with E-state index in [1.807, 2.05) is 6.07 Å². The van der Waals surface area contributed by atoms with Crippen LogP contribution in [0.5, 0.6) is 5.75 Å². The van der Waals surface area contributed by atoms with Gasteiger partial charge >= 0.3 is 0 Å². The van der Waals surface area contributed by atoms with Crippen molar-refractivity contribution in [1.82, 2.24) is 0 Å². The molecule has 1 amide bonds. The number of carbonyl (C=O) groups is 1. The van der Waals surface area contributed by atoms with Crippen molar-refractivity contribution in [2.75, 3.05) is 5.32 Å². The van der Waals surface area contributed by atoms with Crippen molar-refractivity contribution in [2.24, 2.45) is 0 Å². The lowest BCUT2D eigenvalue weighted by Crippen LogP contribution is -2.30. The molecule has 0 bridgehead atoms. The number of amides is 1. The van der Waals surface area contributed by atoms with Gasteiger partial charge in [-0.15, -0.1) is 0 Å². The summed E-state index contributed by atoms with van der Waals surface area (Å²) in [6.07, 6.45) is -1.02. The molecule has 2 aromatic rings. The second-order valence-electron chi connectivity index (χ2n) is 4.48. The Hall–Kier alpha value is -2.94. The zero-order valence-electron chi connectivity index (χ0n) is 11.6. The molecule has 1 N–H and O–H groups in total. The number of nitriles is 1. The normalized spacial score (nSPS) is 11.4. The molecule has 6 heteroatoms. The first-order valence-electron chi connectivity index (χ1n) is 6.43. The number of nitrogens with zero attached hydrogens (tertiary/aromatic N) is 1. The number of nitrogens with one attached hydrogen (secondary N) is 1. The summed E-state index contributed by atoms with van der Waals surface area (Å²) in [5, 5.41) is 11.5. The summed E-state index contributed by atoms with van der Waals surface area (Å²) >= 11 is 0. The number of anilines is 1. The van der Waals surface area contributed by atoms with E-state index in [1.54, 1.807) is 24.3 Å². The molecular formula is C16H12F2N2O2. The fourth-order valence-electron chi connectivity index (χ4n) is 1.74. The molecule has 0 spiro atoms. The molecule has 0 aliphatic carbocycles. The van der Waals surface area contributed by atoms with Gasteiger partial charge in [0.15, 0.2) is 17.7 Å². The monoisotopic (exact) mass is 302 g/mol. The van der Waals surface area contributed by atoms with Crippen LogP contribution in [0.3, 0.4) is 0 Å². The highest BCUT2D eigenvalue weighted by Gasteiger charge is 2.18. The number of ether oxygens (including phenoxy) is 1. The van der Waals surface area contributed by atoms with E-state index < -0.39 is 23.6 Å². The highest BCUT2D eigenvalue weighted by Crippen LogP contribution is 2.20. The second-order valence-corrected chi connectivity index (χ2v) is 4.48. The number of para-hydroxylation sites is 1. The van der Waals surface area contributed by atoms with E-state index in [0.717, 1.165) is 12.1 Å². The number of benzene rings is 2. The Labute approximate surface area is 125 Å². The number of hydrogen-bond donors (Lipinski definition) is 1. The average molecular weight is 302 g/mol. The summed E-state index contributed by atoms with van der Waals surface area (Å²) in [6.45, 7) is 1.42. The molecule has 22 heavy (non-hydrogen) atoms. The van der Waals surface area contributed by atoms with Gasteiger partial charge in [0.1, 0.15) is 11.9 Å². The second kappa shape index (κ2) is 6.68. The van der Waals surface area contributed by atoms with Gasteiger partial charge in [-0.1, -0.05) is 12.1 Å². The predicted octanol–water partition coefficient (Wildman–Crippen LogP) is 3.24. The van der Waals surface area contributed by atoms with Crippen molar-refractivity contribution in [1.29, 1.82) is 5.26 Å². The van der Waals surface area contributed by atoms with Crippen molar-refractivity contribution >= 4 is 11.6 Å². The largest absolute Gasteiger partial charge is 0.478 e. The minimum atomic E-state index is -1.02. The third kappa shape index (κ3) is 3.58. The minimum Gasteiger partial charge on any atom is -0.478 e. The maximum atomic E-state index is 13.5. The van der Waals surface area contributed by atoms with Crippen LogP contribution < -0.4 is 10.1 Å². The van der Waals surface area contributed by atoms with Gasteiger partial charge in [-0.25, -0.2) is 8.78 Å². The molecule has 2 aromatic carbocycles. The Morgan fingerprint density at radius 1 is 1.27 bits per heavy atom. The Kier molecular flexibility index (Phi) is 4.69. The maximum Gasteiger partial charge on any atom is 0.265 e. The number of halogens is 2. The van der Waals surface area contributed by atoms with E-state index >= 15 is 0 Å². The first-order valence-corrected chi connectivity index (χ1v) is 6.43. The summed E-state index contributed by atoms with van der Waals surface area (Å²) in [5.41, 5.74) is 0.640. The van der Waals surface area contributed by atoms with Crippen molar-refractivity contribution < 1.29 is 18.3 Å². The molecule has 4 nitrogen and oxygen atoms in total. The van der Waals surface area contributed by atoms with Crippen LogP contribution in [0.15, 0.2) is 42.5 Å². The minimum absolute atomic E-state index is 0.224. The zero-order valence-corrected chi connectivity index (χ0v) is 11.6. The molecule has 1 unspecified atom stereocenters. The number of hydrogen-bond acceptors (Lipinski definition) is 3. The van der Waals surface area contributed by atoms with Crippen LogP contribution in [0.25, 0.3) is 0 Å². The smallest absolute Gasteiger partial charge is 0.265 e. The van der Waals surface area contributed by atoms with E-state index in [2.05, 4.69) is 5.32 Å². The predicted molar refractivity (Wildman–Crippen MR) is 76.2 cm³/mol. The third-order valence-corrected chi connectivity index (χ3v) is 2.87. The zero-order chi connectivity index (χ0) is 16.1. The van der Waals surface area contributed by atoms with E-state index in [9.17, 15) is 13.6 Å². The SMILES string of the molecule is CC(Oc1ccc(F)cc1F)C(=O)Nc1ccccc1C#N. The van der Waals surface area contributed by atoms with E-state index in [-0.39, 0.29) is 5.75 Å². The number of carbonyl (C=O) groups excluding carboxylic acids is 1. The lowest BCUT2D eigenvalue weighted by molar-refractivity contribution is -0.122. The molecular weight excluding hydrogens is 290 g/mol. The molecule has 0 aliphatic heterocycles. The first-order chi connectivity index (χ1) is 10.5. The van der Waals surface area contributed by atoms with Gasteiger partial charge < -0.3 is 10.1 Å². The summed E-state index contributed by atoms with van der Waals surface area (Å²) in [7, 11) is 0. The average Bonchev–Trinajstić information content (AvgIpc) is 2.50. The van der Waals surface area contributed by atoms with Crippen molar-refractivity contribution in [3.05, 3.63) is 59.7 Å². The van der Waals surface area contributed by atoms with Crippen LogP contribution in [0.2, 0.25) is 0 Å². The Morgan fingerprint density at radius 2 is 2.00 bits per heavy atom. The van der Waals surface area contributed by atoms with Gasteiger partial charge in [0.25, 0.3) is 5.91 Å². The number of rotatable bonds is 4. The highest BCUT2D eigenvalue weighted by atomic mass is 19.1. The molecule has 0 aromatic heterocycles. The van der Waals surface area contributed by atoms with E-state index in [4.69, 9.17) is 10.00 Å². The van der Waals surface area contributed by atoms with Gasteiger partial charge in [-0.2, -0.15) is 5.26 Å². The summed E-state index contributed by atoms with van der Waals surface area (Å²) < 4.78 is 31.5. The standard InChI is InChI=1S/C16H12F2N2O2/c1-10(22-15-7-6-12(17)8-13(15)18)16(21)20-14-5-3-2-4-11(14)9-19/h2-8,10H,1H3,(H,20,21). The molecule has 1 atom stereocenters. The first kappa shape index (κ1) is 15.4. The quantitative estimate of drug-likeness (QED) is 0.943. The fourth-order valence-corrected chi connectivity index (χ4v) is 1.74. The molecule has 0 aliphatic rings. The Bertz CT molecular complexity index is 741. The molecule has 0 saturated heterocycles. The van der Waals surface area contributed by atoms with Crippen LogP contribution in [-0.2, 0) is 4.79 Å². The summed E-state index contributed by atoms with van der Waals surface area (Å²) in [6, 6.07) is 11.2. The van der Waals surface area contributed by atoms with Crippen LogP contribution in [-0.4, -0.2) is 12.0 Å².